The second-order valence-electron chi connectivity index (χ2n) is 5.03. The molecule has 0 aromatic heterocycles. The van der Waals surface area contributed by atoms with Crippen LogP contribution in [0.15, 0.2) is 0 Å². The molecule has 2 fully saturated rings. The lowest BCUT2D eigenvalue weighted by atomic mass is 10.00. The first-order chi connectivity index (χ1) is 8.31. The average molecular weight is 240 g/mol. The van der Waals surface area contributed by atoms with Gasteiger partial charge in [0.25, 0.3) is 0 Å². The number of carbonyl (C=O) groups is 1. The minimum absolute atomic E-state index is 0.318. The van der Waals surface area contributed by atoms with Gasteiger partial charge in [0.15, 0.2) is 0 Å². The molecule has 1 atom stereocenters. The standard InChI is InChI=1S/C13H24N2O2/c1-2-12-5-3-4-6-15(12)13(16)11-14-7-9-17-10-8-14/h12H,2-11H2,1H3. The van der Waals surface area contributed by atoms with Crippen LogP contribution in [-0.2, 0) is 9.53 Å². The highest BCUT2D eigenvalue weighted by molar-refractivity contribution is 5.78. The quantitative estimate of drug-likeness (QED) is 0.741. The van der Waals surface area contributed by atoms with Crippen molar-refractivity contribution < 1.29 is 9.53 Å². The van der Waals surface area contributed by atoms with E-state index in [1.807, 2.05) is 0 Å². The number of nitrogens with zero attached hydrogens (tertiary/aromatic N) is 2. The summed E-state index contributed by atoms with van der Waals surface area (Å²) in [6.07, 6.45) is 4.73. The smallest absolute Gasteiger partial charge is 0.236 e. The predicted octanol–water partition coefficient (Wildman–Crippen LogP) is 1.11. The van der Waals surface area contributed by atoms with Gasteiger partial charge in [0.1, 0.15) is 0 Å². The Morgan fingerprint density at radius 3 is 2.71 bits per heavy atom. The molecule has 1 unspecified atom stereocenters. The third kappa shape index (κ3) is 3.42. The van der Waals surface area contributed by atoms with Crippen molar-refractivity contribution in [1.82, 2.24) is 9.80 Å². The summed E-state index contributed by atoms with van der Waals surface area (Å²) < 4.78 is 5.30. The Labute approximate surface area is 104 Å². The summed E-state index contributed by atoms with van der Waals surface area (Å²) in [5.41, 5.74) is 0. The van der Waals surface area contributed by atoms with Crippen molar-refractivity contribution in [2.75, 3.05) is 39.4 Å². The maximum Gasteiger partial charge on any atom is 0.236 e. The summed E-state index contributed by atoms with van der Waals surface area (Å²) in [6, 6.07) is 0.484. The number of amides is 1. The van der Waals surface area contributed by atoms with Crippen LogP contribution in [0.2, 0.25) is 0 Å². The zero-order valence-electron chi connectivity index (χ0n) is 10.9. The van der Waals surface area contributed by atoms with E-state index in [4.69, 9.17) is 4.74 Å². The Kier molecular flexibility index (Phi) is 4.80. The molecule has 2 aliphatic rings. The molecular weight excluding hydrogens is 216 g/mol. The number of ether oxygens (including phenoxy) is 1. The topological polar surface area (TPSA) is 32.8 Å². The highest BCUT2D eigenvalue weighted by atomic mass is 16.5. The Bertz CT molecular complexity index is 252. The van der Waals surface area contributed by atoms with Gasteiger partial charge in [-0.3, -0.25) is 9.69 Å². The molecule has 0 aromatic carbocycles. The molecule has 0 bridgehead atoms. The molecule has 0 spiro atoms. The van der Waals surface area contributed by atoms with Crippen molar-refractivity contribution in [3.63, 3.8) is 0 Å². The number of rotatable bonds is 3. The van der Waals surface area contributed by atoms with Crippen molar-refractivity contribution in [3.8, 4) is 0 Å². The fourth-order valence-electron chi connectivity index (χ4n) is 2.79. The Morgan fingerprint density at radius 2 is 2.00 bits per heavy atom. The van der Waals surface area contributed by atoms with Gasteiger partial charge in [-0.05, 0) is 25.7 Å². The van der Waals surface area contributed by atoms with Crippen LogP contribution in [0, 0.1) is 0 Å². The van der Waals surface area contributed by atoms with Crippen molar-refractivity contribution in [2.45, 2.75) is 38.6 Å². The zero-order valence-corrected chi connectivity index (χ0v) is 10.9. The Balaban J connectivity index is 1.84. The van der Waals surface area contributed by atoms with E-state index >= 15 is 0 Å². The van der Waals surface area contributed by atoms with Gasteiger partial charge in [0.2, 0.25) is 5.91 Å². The summed E-state index contributed by atoms with van der Waals surface area (Å²) in [5.74, 6) is 0.318. The van der Waals surface area contributed by atoms with E-state index in [0.717, 1.165) is 39.3 Å². The lowest BCUT2D eigenvalue weighted by Crippen LogP contribution is -2.49. The van der Waals surface area contributed by atoms with Gasteiger partial charge in [0, 0.05) is 25.7 Å². The first-order valence-corrected chi connectivity index (χ1v) is 6.91. The van der Waals surface area contributed by atoms with E-state index < -0.39 is 0 Å². The highest BCUT2D eigenvalue weighted by Crippen LogP contribution is 2.19. The highest BCUT2D eigenvalue weighted by Gasteiger charge is 2.26. The van der Waals surface area contributed by atoms with Gasteiger partial charge < -0.3 is 9.64 Å². The predicted molar refractivity (Wildman–Crippen MR) is 66.9 cm³/mol. The first kappa shape index (κ1) is 12.8. The van der Waals surface area contributed by atoms with Crippen LogP contribution in [0.1, 0.15) is 32.6 Å². The number of likely N-dealkylation sites (tertiary alicyclic amines) is 1. The van der Waals surface area contributed by atoms with Crippen molar-refractivity contribution >= 4 is 5.91 Å². The summed E-state index contributed by atoms with van der Waals surface area (Å²) in [5, 5.41) is 0. The van der Waals surface area contributed by atoms with Crippen LogP contribution >= 0.6 is 0 Å². The third-order valence-electron chi connectivity index (χ3n) is 3.88. The molecule has 0 N–H and O–H groups in total. The minimum Gasteiger partial charge on any atom is -0.379 e. The molecule has 0 radical (unpaired) electrons. The fraction of sp³-hybridized carbons (Fsp3) is 0.923. The van der Waals surface area contributed by atoms with Gasteiger partial charge in [-0.25, -0.2) is 0 Å². The summed E-state index contributed by atoms with van der Waals surface area (Å²) in [6.45, 7) is 7.06. The van der Waals surface area contributed by atoms with Crippen LogP contribution in [-0.4, -0.2) is 61.1 Å². The van der Waals surface area contributed by atoms with Gasteiger partial charge in [0.05, 0.1) is 19.8 Å². The van der Waals surface area contributed by atoms with Gasteiger partial charge in [-0.2, -0.15) is 0 Å². The van der Waals surface area contributed by atoms with E-state index in [9.17, 15) is 4.79 Å². The largest absolute Gasteiger partial charge is 0.379 e. The van der Waals surface area contributed by atoms with Crippen LogP contribution in [0.5, 0.6) is 0 Å². The number of piperidine rings is 1. The molecule has 1 amide bonds. The number of carbonyl (C=O) groups excluding carboxylic acids is 1. The third-order valence-corrected chi connectivity index (χ3v) is 3.88. The fourth-order valence-corrected chi connectivity index (χ4v) is 2.79. The van der Waals surface area contributed by atoms with Crippen molar-refractivity contribution in [2.24, 2.45) is 0 Å². The van der Waals surface area contributed by atoms with Gasteiger partial charge in [-0.1, -0.05) is 6.92 Å². The maximum absolute atomic E-state index is 12.3. The minimum atomic E-state index is 0.318. The molecule has 4 heteroatoms. The Morgan fingerprint density at radius 1 is 1.24 bits per heavy atom. The molecular formula is C13H24N2O2. The number of morpholine rings is 1. The van der Waals surface area contributed by atoms with Gasteiger partial charge in [-0.15, -0.1) is 0 Å². The second-order valence-corrected chi connectivity index (χ2v) is 5.03. The molecule has 2 heterocycles. The van der Waals surface area contributed by atoms with E-state index in [0.29, 0.717) is 18.5 Å². The lowest BCUT2D eigenvalue weighted by molar-refractivity contribution is -0.137. The molecule has 0 aliphatic carbocycles. The normalized spacial score (nSPS) is 27.1. The van der Waals surface area contributed by atoms with Crippen LogP contribution in [0.25, 0.3) is 0 Å². The number of hydrogen-bond donors (Lipinski definition) is 0. The molecule has 17 heavy (non-hydrogen) atoms. The molecule has 2 saturated heterocycles. The second kappa shape index (κ2) is 6.36. The summed E-state index contributed by atoms with van der Waals surface area (Å²) in [7, 11) is 0. The van der Waals surface area contributed by atoms with Crippen LogP contribution in [0.3, 0.4) is 0 Å². The maximum atomic E-state index is 12.3. The van der Waals surface area contributed by atoms with E-state index in [1.165, 1.54) is 19.3 Å². The monoisotopic (exact) mass is 240 g/mol. The zero-order chi connectivity index (χ0) is 12.1. The van der Waals surface area contributed by atoms with E-state index in [1.54, 1.807) is 0 Å². The SMILES string of the molecule is CCC1CCCCN1C(=O)CN1CCOCC1. The summed E-state index contributed by atoms with van der Waals surface area (Å²) in [4.78, 5) is 16.6. The lowest BCUT2D eigenvalue weighted by Gasteiger charge is -2.37. The molecule has 4 nitrogen and oxygen atoms in total. The molecule has 0 aromatic rings. The van der Waals surface area contributed by atoms with Crippen molar-refractivity contribution in [1.29, 1.82) is 0 Å². The van der Waals surface area contributed by atoms with E-state index in [-0.39, 0.29) is 0 Å². The van der Waals surface area contributed by atoms with Crippen LogP contribution < -0.4 is 0 Å². The average Bonchev–Trinajstić information content (AvgIpc) is 2.40. The molecule has 2 rings (SSSR count). The molecule has 98 valence electrons. The first-order valence-electron chi connectivity index (χ1n) is 6.91. The van der Waals surface area contributed by atoms with Crippen molar-refractivity contribution in [3.05, 3.63) is 0 Å². The molecule has 2 aliphatic heterocycles. The Hall–Kier alpha value is -0.610. The van der Waals surface area contributed by atoms with Gasteiger partial charge >= 0.3 is 0 Å². The molecule has 0 saturated carbocycles. The van der Waals surface area contributed by atoms with E-state index in [2.05, 4.69) is 16.7 Å². The van der Waals surface area contributed by atoms with Crippen LogP contribution in [0.4, 0.5) is 0 Å². The summed E-state index contributed by atoms with van der Waals surface area (Å²) >= 11 is 0. The number of hydrogen-bond acceptors (Lipinski definition) is 3.